The van der Waals surface area contributed by atoms with E-state index in [0.29, 0.717) is 19.3 Å². The van der Waals surface area contributed by atoms with Crippen LogP contribution in [0, 0.1) is 50.2 Å². The lowest BCUT2D eigenvalue weighted by molar-refractivity contribution is -0.142. The molecule has 22 nitrogen and oxygen atoms in total. The summed E-state index contributed by atoms with van der Waals surface area (Å²) in [5.74, 6) is -4.01. The Labute approximate surface area is 355 Å². The zero-order valence-electron chi connectivity index (χ0n) is 36.0. The molecule has 0 unspecified atom stereocenters. The summed E-state index contributed by atoms with van der Waals surface area (Å²) in [4.78, 5) is 83.7. The number of carbonyl (C=O) groups excluding carboxylic acids is 6. The summed E-state index contributed by atoms with van der Waals surface area (Å²) in [7, 11) is 0. The van der Waals surface area contributed by atoms with Gasteiger partial charge in [-0.25, -0.2) is 0 Å². The number of amides is 6. The molecule has 6 aliphatic rings. The van der Waals surface area contributed by atoms with Crippen molar-refractivity contribution in [3.05, 3.63) is 0 Å². The predicted octanol–water partition coefficient (Wildman–Crippen LogP) is -3.74. The average molecular weight is 855 g/mol. The van der Waals surface area contributed by atoms with Gasteiger partial charge in [0.05, 0.1) is 0 Å². The van der Waals surface area contributed by atoms with Crippen molar-refractivity contribution in [3.8, 4) is 0 Å². The third-order valence-electron chi connectivity index (χ3n) is 15.3. The number of carbonyl (C=O) groups is 6. The number of rotatable bonds is 11. The third kappa shape index (κ3) is 8.33. The molecule has 61 heavy (non-hydrogen) atoms. The Hall–Kier alpha value is -5.41. The van der Waals surface area contributed by atoms with E-state index in [1.807, 2.05) is 41.5 Å². The molecule has 338 valence electrons. The van der Waals surface area contributed by atoms with Crippen LogP contribution in [0.25, 0.3) is 0 Å². The van der Waals surface area contributed by atoms with Crippen LogP contribution in [0.1, 0.15) is 80.1 Å². The Bertz CT molecular complexity index is 1850. The molecule has 0 aromatic rings. The van der Waals surface area contributed by atoms with E-state index in [2.05, 4.69) is 26.6 Å². The number of likely N-dealkylation sites (tertiary alicyclic amines) is 3. The molecule has 3 heterocycles. The summed E-state index contributed by atoms with van der Waals surface area (Å²) in [5, 5.41) is 39.2. The van der Waals surface area contributed by atoms with Crippen molar-refractivity contribution >= 4 is 53.3 Å². The van der Waals surface area contributed by atoms with Crippen LogP contribution in [-0.4, -0.2) is 142 Å². The minimum atomic E-state index is -0.836. The van der Waals surface area contributed by atoms with Gasteiger partial charge in [-0.05, 0) is 54.8 Å². The second kappa shape index (κ2) is 16.1. The second-order valence-corrected chi connectivity index (χ2v) is 19.9. The van der Waals surface area contributed by atoms with Crippen molar-refractivity contribution in [1.82, 2.24) is 41.3 Å². The number of hydrogen-bond donors (Lipinski definition) is 13. The van der Waals surface area contributed by atoms with E-state index in [4.69, 9.17) is 44.9 Å². The van der Waals surface area contributed by atoms with Crippen molar-refractivity contribution in [2.75, 3.05) is 19.6 Å². The van der Waals surface area contributed by atoms with Crippen LogP contribution >= 0.6 is 0 Å². The summed E-state index contributed by atoms with van der Waals surface area (Å²) in [6, 6.07) is -4.50. The number of nitrogens with two attached hydrogens (primary N) is 5. The molecule has 22 heteroatoms. The second-order valence-electron chi connectivity index (χ2n) is 19.9. The first-order chi connectivity index (χ1) is 28.2. The molecule has 0 bridgehead atoms. The maximum atomic E-state index is 13.7. The van der Waals surface area contributed by atoms with Gasteiger partial charge in [-0.2, -0.15) is 0 Å². The fraction of sp³-hybridized carbons (Fsp3) is 0.769. The van der Waals surface area contributed by atoms with Crippen molar-refractivity contribution in [1.29, 1.82) is 16.2 Å². The zero-order valence-corrected chi connectivity index (χ0v) is 36.0. The van der Waals surface area contributed by atoms with Crippen LogP contribution in [0.4, 0.5) is 0 Å². The maximum Gasteiger partial charge on any atom is 0.243 e. The minimum Gasteiger partial charge on any atom is -0.370 e. The van der Waals surface area contributed by atoms with Crippen molar-refractivity contribution in [2.24, 2.45) is 62.7 Å². The molecule has 6 rings (SSSR count). The summed E-state index contributed by atoms with van der Waals surface area (Å²) < 4.78 is 0. The Morgan fingerprint density at radius 3 is 1.03 bits per heavy atom. The Morgan fingerprint density at radius 2 is 0.770 bits per heavy atom. The lowest BCUT2D eigenvalue weighted by Crippen LogP contribution is -2.64. The van der Waals surface area contributed by atoms with Gasteiger partial charge < -0.3 is 70.0 Å². The van der Waals surface area contributed by atoms with E-state index in [1.54, 1.807) is 0 Å². The van der Waals surface area contributed by atoms with Crippen LogP contribution in [-0.2, 0) is 28.8 Å². The van der Waals surface area contributed by atoms with Crippen molar-refractivity contribution < 1.29 is 28.8 Å². The maximum absolute atomic E-state index is 13.7. The van der Waals surface area contributed by atoms with E-state index < -0.39 is 58.8 Å². The molecule has 6 fully saturated rings. The zero-order chi connectivity index (χ0) is 45.3. The van der Waals surface area contributed by atoms with Crippen molar-refractivity contribution in [2.45, 2.75) is 134 Å². The van der Waals surface area contributed by atoms with Gasteiger partial charge in [-0.15, -0.1) is 0 Å². The van der Waals surface area contributed by atoms with Crippen LogP contribution in [0.2, 0.25) is 0 Å². The summed E-state index contributed by atoms with van der Waals surface area (Å²) in [6.07, 6.45) is 1.99. The van der Waals surface area contributed by atoms with Gasteiger partial charge in [-0.1, -0.05) is 41.5 Å². The van der Waals surface area contributed by atoms with Crippen molar-refractivity contribution in [3.63, 3.8) is 0 Å². The first kappa shape index (κ1) is 45.1. The van der Waals surface area contributed by atoms with Crippen LogP contribution in [0.3, 0.4) is 0 Å². The molecule has 3 aliphatic carbocycles. The van der Waals surface area contributed by atoms with Crippen LogP contribution < -0.4 is 55.3 Å². The number of nitrogens with one attached hydrogen (secondary N) is 8. The molecule has 3 saturated carbocycles. The quantitative estimate of drug-likeness (QED) is 0.0703. The van der Waals surface area contributed by atoms with Gasteiger partial charge in [0.15, 0.2) is 17.9 Å². The fourth-order valence-corrected chi connectivity index (χ4v) is 10.5. The number of primary amides is 1. The first-order valence-electron chi connectivity index (χ1n) is 21.1. The SMILES string of the molecule is CC1(C)[C@H](N)C[C@@H]1C(=O)N[C@H]1C[C@@H](C(=O)N[C@@H]2C[C@H](C(=O)N[C@H]3C[C@@H](C(=O)N[C@@H]4C[C@H](C(=O)N[C@H]5C[C@@H](C(N)=O)N(C(=N)N)C5)C4(C)C)N(C(=N)N)C3)C2(C)C)N(C(=N)N)C1. The molecular weight excluding hydrogens is 789 g/mol. The van der Waals surface area contributed by atoms with Gasteiger partial charge in [0, 0.05) is 73.6 Å². The minimum absolute atomic E-state index is 0.0647. The highest BCUT2D eigenvalue weighted by molar-refractivity contribution is 5.91. The van der Waals surface area contributed by atoms with Gasteiger partial charge in [0.1, 0.15) is 18.1 Å². The molecule has 0 radical (unpaired) electrons. The molecule has 0 aromatic carbocycles. The van der Waals surface area contributed by atoms with E-state index in [9.17, 15) is 28.8 Å². The highest BCUT2D eigenvalue weighted by atomic mass is 16.2. The Morgan fingerprint density at radius 1 is 0.459 bits per heavy atom. The monoisotopic (exact) mass is 855 g/mol. The summed E-state index contributed by atoms with van der Waals surface area (Å²) in [5.41, 5.74) is 27.4. The molecule has 18 N–H and O–H groups in total. The van der Waals surface area contributed by atoms with Gasteiger partial charge in [0.2, 0.25) is 35.4 Å². The van der Waals surface area contributed by atoms with E-state index in [-0.39, 0.29) is 122 Å². The van der Waals surface area contributed by atoms with Gasteiger partial charge in [0.25, 0.3) is 0 Å². The largest absolute Gasteiger partial charge is 0.370 e. The fourth-order valence-electron chi connectivity index (χ4n) is 10.5. The predicted molar refractivity (Wildman–Crippen MR) is 224 cm³/mol. The van der Waals surface area contributed by atoms with Gasteiger partial charge >= 0.3 is 0 Å². The highest BCUT2D eigenvalue weighted by Crippen LogP contribution is 2.48. The van der Waals surface area contributed by atoms with E-state index >= 15 is 0 Å². The number of guanidine groups is 3. The highest BCUT2D eigenvalue weighted by Gasteiger charge is 2.56. The lowest BCUT2D eigenvalue weighted by Gasteiger charge is -2.51. The standard InChI is InChI=1S/C39H66N16O6/c1-37(2)19(10-25(37)40)29(57)49-17-8-23(54(14-17)35(44)45)32(60)52-27-12-21(39(27,5)6)31(59)50-18-9-24(55(15-18)36(46)47)33(61)51-26-11-20(38(26,3)4)30(58)48-16-7-22(28(41)56)53(13-16)34(42)43/h16-27H,7-15,40H2,1-6H3,(H2,41,56)(H3,42,43)(H3,44,45)(H3,46,47)(H,48,58)(H,49,57)(H,50,59)(H,51,61)(H,52,60)/t16-,17-,18-,19+,20+,21+,22-,23-,24-,25+,26+,27+/m0/s1. The molecular formula is C39H66N16O6. The molecule has 3 aliphatic heterocycles. The third-order valence-corrected chi connectivity index (χ3v) is 15.3. The lowest BCUT2D eigenvalue weighted by atomic mass is 9.58. The molecule has 12 atom stereocenters. The van der Waals surface area contributed by atoms with Gasteiger partial charge in [-0.3, -0.25) is 45.0 Å². The Balaban J connectivity index is 0.980. The molecule has 6 amide bonds. The van der Waals surface area contributed by atoms with Crippen LogP contribution in [0.5, 0.6) is 0 Å². The van der Waals surface area contributed by atoms with E-state index in [0.717, 1.165) is 0 Å². The number of nitrogens with zero attached hydrogens (tertiary/aromatic N) is 3. The number of hydrogen-bond acceptors (Lipinski definition) is 10. The van der Waals surface area contributed by atoms with Crippen LogP contribution in [0.15, 0.2) is 0 Å². The molecule has 0 spiro atoms. The summed E-state index contributed by atoms with van der Waals surface area (Å²) in [6.45, 7) is 12.0. The average Bonchev–Trinajstić information content (AvgIpc) is 3.91. The first-order valence-corrected chi connectivity index (χ1v) is 21.1. The molecule has 3 saturated heterocycles. The topological polar surface area (TPSA) is 374 Å². The molecule has 0 aromatic heterocycles. The normalized spacial score (nSPS) is 35.4. The Kier molecular flexibility index (Phi) is 11.9. The smallest absolute Gasteiger partial charge is 0.243 e. The summed E-state index contributed by atoms with van der Waals surface area (Å²) >= 11 is 0. The van der Waals surface area contributed by atoms with E-state index in [1.165, 1.54) is 14.7 Å².